The molecule has 1 aromatic carbocycles. The fraction of sp³-hybridized carbons (Fsp3) is 0.462. The van der Waals surface area contributed by atoms with E-state index < -0.39 is 17.7 Å². The zero-order valence-electron chi connectivity index (χ0n) is 11.2. The molecule has 0 saturated carbocycles. The summed E-state index contributed by atoms with van der Waals surface area (Å²) in [5.74, 6) is -1.45. The van der Waals surface area contributed by atoms with Gasteiger partial charge in [-0.2, -0.15) is 0 Å². The van der Waals surface area contributed by atoms with E-state index in [4.69, 9.17) is 4.74 Å². The molecule has 1 unspecified atom stereocenters. The second kappa shape index (κ2) is 6.51. The summed E-state index contributed by atoms with van der Waals surface area (Å²) in [6, 6.07) is 2.11. The Morgan fingerprint density at radius 3 is 2.75 bits per heavy atom. The van der Waals surface area contributed by atoms with Crippen LogP contribution in [0.25, 0.3) is 11.0 Å². The second-order valence-corrected chi connectivity index (χ2v) is 5.68. The third kappa shape index (κ3) is 3.91. The van der Waals surface area contributed by atoms with Crippen LogP contribution in [0.15, 0.2) is 17.3 Å². The molecule has 0 aliphatic rings. The number of thioether (sulfide) groups is 1. The van der Waals surface area contributed by atoms with Crippen molar-refractivity contribution < 1.29 is 18.6 Å². The maximum atomic E-state index is 13.1. The number of aliphatic hydroxyl groups is 1. The van der Waals surface area contributed by atoms with E-state index in [1.807, 2.05) is 13.8 Å². The standard InChI is InChI=1S/C13H16F2N2O2S/c1-7(2)19-5-8(18)6-20-13-16-11-3-9(14)10(15)4-12(11)17-13/h3-4,7-8,18H,5-6H2,1-2H3,(H,16,17). The molecule has 1 heterocycles. The molecule has 2 aromatic rings. The quantitative estimate of drug-likeness (QED) is 0.806. The van der Waals surface area contributed by atoms with Crippen LogP contribution in [0.2, 0.25) is 0 Å². The molecule has 1 atom stereocenters. The summed E-state index contributed by atoms with van der Waals surface area (Å²) in [5, 5.41) is 10.2. The number of benzene rings is 1. The van der Waals surface area contributed by atoms with Crippen LogP contribution < -0.4 is 0 Å². The summed E-state index contributed by atoms with van der Waals surface area (Å²) in [5.41, 5.74) is 0.790. The Morgan fingerprint density at radius 2 is 2.05 bits per heavy atom. The SMILES string of the molecule is CC(C)OCC(O)CSc1nc2cc(F)c(F)cc2[nH]1. The molecule has 0 bridgehead atoms. The molecule has 20 heavy (non-hydrogen) atoms. The van der Waals surface area contributed by atoms with Gasteiger partial charge in [-0.3, -0.25) is 0 Å². The van der Waals surface area contributed by atoms with Crippen molar-refractivity contribution in [3.63, 3.8) is 0 Å². The molecular formula is C13H16F2N2O2S. The van der Waals surface area contributed by atoms with Crippen molar-refractivity contribution in [1.82, 2.24) is 9.97 Å². The molecule has 0 radical (unpaired) electrons. The van der Waals surface area contributed by atoms with Crippen molar-refractivity contribution in [2.45, 2.75) is 31.2 Å². The lowest BCUT2D eigenvalue weighted by atomic mass is 10.3. The number of H-pyrrole nitrogens is 1. The van der Waals surface area contributed by atoms with Crippen molar-refractivity contribution in [2.75, 3.05) is 12.4 Å². The Hall–Kier alpha value is -1.18. The van der Waals surface area contributed by atoms with Gasteiger partial charge in [0.05, 0.1) is 29.8 Å². The van der Waals surface area contributed by atoms with Crippen molar-refractivity contribution in [1.29, 1.82) is 0 Å². The molecule has 0 spiro atoms. The summed E-state index contributed by atoms with van der Waals surface area (Å²) < 4.78 is 31.4. The van der Waals surface area contributed by atoms with E-state index in [1.165, 1.54) is 11.8 Å². The average molecular weight is 302 g/mol. The van der Waals surface area contributed by atoms with Gasteiger partial charge >= 0.3 is 0 Å². The van der Waals surface area contributed by atoms with E-state index in [-0.39, 0.29) is 12.7 Å². The fourth-order valence-corrected chi connectivity index (χ4v) is 2.37. The van der Waals surface area contributed by atoms with Crippen LogP contribution in [0, 0.1) is 11.6 Å². The predicted molar refractivity (Wildman–Crippen MR) is 73.8 cm³/mol. The van der Waals surface area contributed by atoms with Gasteiger partial charge in [-0.15, -0.1) is 0 Å². The molecule has 4 nitrogen and oxygen atoms in total. The molecule has 1 aromatic heterocycles. The number of nitrogens with one attached hydrogen (secondary N) is 1. The van der Waals surface area contributed by atoms with Gasteiger partial charge in [-0.1, -0.05) is 11.8 Å². The van der Waals surface area contributed by atoms with Crippen LogP contribution in [0.3, 0.4) is 0 Å². The highest BCUT2D eigenvalue weighted by Crippen LogP contribution is 2.22. The first-order valence-electron chi connectivity index (χ1n) is 6.23. The summed E-state index contributed by atoms with van der Waals surface area (Å²) in [7, 11) is 0. The highest BCUT2D eigenvalue weighted by atomic mass is 32.2. The number of nitrogens with zero attached hydrogens (tertiary/aromatic N) is 1. The minimum absolute atomic E-state index is 0.0619. The fourth-order valence-electron chi connectivity index (χ4n) is 1.58. The van der Waals surface area contributed by atoms with Gasteiger partial charge < -0.3 is 14.8 Å². The predicted octanol–water partition coefficient (Wildman–Crippen LogP) is 2.72. The number of aliphatic hydroxyl groups excluding tert-OH is 1. The van der Waals surface area contributed by atoms with Crippen molar-refractivity contribution in [3.05, 3.63) is 23.8 Å². The van der Waals surface area contributed by atoms with E-state index in [1.54, 1.807) is 0 Å². The Morgan fingerprint density at radius 1 is 1.35 bits per heavy atom. The largest absolute Gasteiger partial charge is 0.390 e. The molecule has 0 saturated heterocycles. The monoisotopic (exact) mass is 302 g/mol. The number of halogens is 2. The normalized spacial score (nSPS) is 13.3. The van der Waals surface area contributed by atoms with Crippen LogP contribution in [0.5, 0.6) is 0 Å². The van der Waals surface area contributed by atoms with Crippen molar-refractivity contribution in [3.8, 4) is 0 Å². The number of rotatable bonds is 6. The molecule has 110 valence electrons. The minimum Gasteiger partial charge on any atom is -0.390 e. The molecule has 7 heteroatoms. The van der Waals surface area contributed by atoms with Crippen molar-refractivity contribution >= 4 is 22.8 Å². The number of aromatic amines is 1. The number of hydrogen-bond acceptors (Lipinski definition) is 4. The zero-order chi connectivity index (χ0) is 14.7. The number of imidazole rings is 1. The minimum atomic E-state index is -0.925. The van der Waals surface area contributed by atoms with Crippen LogP contribution >= 0.6 is 11.8 Å². The first kappa shape index (κ1) is 15.2. The topological polar surface area (TPSA) is 58.1 Å². The van der Waals surface area contributed by atoms with Gasteiger partial charge in [0.15, 0.2) is 16.8 Å². The average Bonchev–Trinajstić information content (AvgIpc) is 2.76. The van der Waals surface area contributed by atoms with E-state index in [0.717, 1.165) is 12.1 Å². The Kier molecular flexibility index (Phi) is 4.95. The molecule has 0 amide bonds. The van der Waals surface area contributed by atoms with Crippen LogP contribution in [0.1, 0.15) is 13.8 Å². The lowest BCUT2D eigenvalue weighted by molar-refractivity contribution is 0.0152. The third-order valence-corrected chi connectivity index (χ3v) is 3.55. The van der Waals surface area contributed by atoms with Gasteiger partial charge in [0.1, 0.15) is 0 Å². The number of aromatic nitrogens is 2. The zero-order valence-corrected chi connectivity index (χ0v) is 12.0. The van der Waals surface area contributed by atoms with Gasteiger partial charge in [0.25, 0.3) is 0 Å². The Balaban J connectivity index is 1.96. The van der Waals surface area contributed by atoms with Crippen LogP contribution in [0.4, 0.5) is 8.78 Å². The maximum absolute atomic E-state index is 13.1. The van der Waals surface area contributed by atoms with Crippen LogP contribution in [-0.2, 0) is 4.74 Å². The molecular weight excluding hydrogens is 286 g/mol. The smallest absolute Gasteiger partial charge is 0.166 e. The first-order chi connectivity index (χ1) is 9.45. The molecule has 0 aliphatic heterocycles. The highest BCUT2D eigenvalue weighted by Gasteiger charge is 2.11. The summed E-state index contributed by atoms with van der Waals surface area (Å²) >= 11 is 1.28. The number of hydrogen-bond donors (Lipinski definition) is 2. The lowest BCUT2D eigenvalue weighted by Crippen LogP contribution is -2.20. The molecule has 0 aliphatic carbocycles. The third-order valence-electron chi connectivity index (χ3n) is 2.54. The van der Waals surface area contributed by atoms with E-state index in [9.17, 15) is 13.9 Å². The van der Waals surface area contributed by atoms with Gasteiger partial charge in [0, 0.05) is 17.9 Å². The van der Waals surface area contributed by atoms with Crippen molar-refractivity contribution in [2.24, 2.45) is 0 Å². The second-order valence-electron chi connectivity index (χ2n) is 4.67. The van der Waals surface area contributed by atoms with Gasteiger partial charge in [-0.05, 0) is 13.8 Å². The number of fused-ring (bicyclic) bond motifs is 1. The molecule has 0 fully saturated rings. The Labute approximate surface area is 119 Å². The Bertz CT molecular complexity index is 550. The lowest BCUT2D eigenvalue weighted by Gasteiger charge is -2.12. The highest BCUT2D eigenvalue weighted by molar-refractivity contribution is 7.99. The van der Waals surface area contributed by atoms with Crippen LogP contribution in [-0.4, -0.2) is 39.6 Å². The summed E-state index contributed by atoms with van der Waals surface area (Å²) in [6.45, 7) is 4.03. The van der Waals surface area contributed by atoms with E-state index in [0.29, 0.717) is 21.9 Å². The van der Waals surface area contributed by atoms with Gasteiger partial charge in [-0.25, -0.2) is 13.8 Å². The molecule has 2 N–H and O–H groups in total. The van der Waals surface area contributed by atoms with Gasteiger partial charge in [0.2, 0.25) is 0 Å². The summed E-state index contributed by atoms with van der Waals surface area (Å²) in [4.78, 5) is 7.01. The number of ether oxygens (including phenoxy) is 1. The van der Waals surface area contributed by atoms with E-state index >= 15 is 0 Å². The molecule has 2 rings (SSSR count). The summed E-state index contributed by atoms with van der Waals surface area (Å²) in [6.07, 6.45) is -0.559. The maximum Gasteiger partial charge on any atom is 0.166 e. The first-order valence-corrected chi connectivity index (χ1v) is 7.21. The van der Waals surface area contributed by atoms with E-state index in [2.05, 4.69) is 9.97 Å².